The number of rotatable bonds is 4. The van der Waals surface area contributed by atoms with E-state index in [-0.39, 0.29) is 11.9 Å². The predicted octanol–water partition coefficient (Wildman–Crippen LogP) is 2.77. The third-order valence-corrected chi connectivity index (χ3v) is 3.15. The summed E-state index contributed by atoms with van der Waals surface area (Å²) in [6, 6.07) is 6.42. The molecule has 94 valence electrons. The van der Waals surface area contributed by atoms with Gasteiger partial charge in [0.05, 0.1) is 6.20 Å². The summed E-state index contributed by atoms with van der Waals surface area (Å²) in [5.74, 6) is -0.324. The van der Waals surface area contributed by atoms with Crippen molar-refractivity contribution in [1.82, 2.24) is 15.5 Å². The maximum atomic E-state index is 13.0. The molecule has 0 fully saturated rings. The largest absolute Gasteiger partial charge is 0.313 e. The molecule has 1 atom stereocenters. The topological polar surface area (TPSA) is 37.8 Å². The summed E-state index contributed by atoms with van der Waals surface area (Å²) in [5, 5.41) is 11.2. The van der Waals surface area contributed by atoms with Crippen molar-refractivity contribution in [3.05, 3.63) is 58.6 Å². The predicted molar refractivity (Wildman–Crippen MR) is 68.9 cm³/mol. The van der Waals surface area contributed by atoms with Crippen molar-refractivity contribution in [2.45, 2.75) is 12.5 Å². The average molecular weight is 266 g/mol. The van der Waals surface area contributed by atoms with E-state index >= 15 is 0 Å². The zero-order chi connectivity index (χ0) is 13.0. The lowest BCUT2D eigenvalue weighted by Gasteiger charge is -2.16. The Hall–Kier alpha value is -1.52. The SMILES string of the molecule is CNC(Cc1ccc(F)cc1Cl)c1ccnnc1. The van der Waals surface area contributed by atoms with E-state index in [1.807, 2.05) is 13.1 Å². The summed E-state index contributed by atoms with van der Waals surface area (Å²) in [4.78, 5) is 0. The Labute approximate surface area is 110 Å². The maximum Gasteiger partial charge on any atom is 0.124 e. The van der Waals surface area contributed by atoms with Gasteiger partial charge < -0.3 is 5.32 Å². The Morgan fingerprint density at radius 3 is 2.78 bits per heavy atom. The first kappa shape index (κ1) is 12.9. The highest BCUT2D eigenvalue weighted by molar-refractivity contribution is 6.31. The summed E-state index contributed by atoms with van der Waals surface area (Å²) >= 11 is 6.02. The minimum absolute atomic E-state index is 0.0726. The molecule has 0 aliphatic rings. The van der Waals surface area contributed by atoms with E-state index in [1.165, 1.54) is 12.1 Å². The van der Waals surface area contributed by atoms with Gasteiger partial charge in [-0.05, 0) is 42.8 Å². The smallest absolute Gasteiger partial charge is 0.124 e. The summed E-state index contributed by atoms with van der Waals surface area (Å²) in [6.07, 6.45) is 4.02. The van der Waals surface area contributed by atoms with Gasteiger partial charge in [0, 0.05) is 17.3 Å². The third kappa shape index (κ3) is 3.03. The van der Waals surface area contributed by atoms with Crippen LogP contribution in [-0.2, 0) is 6.42 Å². The molecule has 0 aliphatic carbocycles. The Bertz CT molecular complexity index is 519. The van der Waals surface area contributed by atoms with Crippen molar-refractivity contribution < 1.29 is 4.39 Å². The zero-order valence-corrected chi connectivity index (χ0v) is 10.7. The van der Waals surface area contributed by atoms with Crippen LogP contribution >= 0.6 is 11.6 Å². The van der Waals surface area contributed by atoms with Crippen LogP contribution in [0.2, 0.25) is 5.02 Å². The normalized spacial score (nSPS) is 12.4. The molecule has 0 saturated carbocycles. The Balaban J connectivity index is 2.21. The molecule has 18 heavy (non-hydrogen) atoms. The van der Waals surface area contributed by atoms with E-state index in [0.29, 0.717) is 11.4 Å². The van der Waals surface area contributed by atoms with Crippen molar-refractivity contribution in [3.8, 4) is 0 Å². The molecule has 0 saturated heterocycles. The van der Waals surface area contributed by atoms with E-state index < -0.39 is 0 Å². The highest BCUT2D eigenvalue weighted by atomic mass is 35.5. The zero-order valence-electron chi connectivity index (χ0n) is 9.90. The molecule has 1 heterocycles. The van der Waals surface area contributed by atoms with Gasteiger partial charge in [0.2, 0.25) is 0 Å². The highest BCUT2D eigenvalue weighted by Gasteiger charge is 2.12. The molecule has 0 amide bonds. The van der Waals surface area contributed by atoms with Crippen LogP contribution in [0.3, 0.4) is 0 Å². The van der Waals surface area contributed by atoms with Gasteiger partial charge in [0.1, 0.15) is 5.82 Å². The van der Waals surface area contributed by atoms with Crippen molar-refractivity contribution in [3.63, 3.8) is 0 Å². The molecule has 0 aliphatic heterocycles. The Kier molecular flexibility index (Phi) is 4.23. The molecular weight excluding hydrogens is 253 g/mol. The molecule has 5 heteroatoms. The molecule has 0 bridgehead atoms. The van der Waals surface area contributed by atoms with Gasteiger partial charge in [0.15, 0.2) is 0 Å². The molecule has 0 radical (unpaired) electrons. The van der Waals surface area contributed by atoms with Gasteiger partial charge in [-0.3, -0.25) is 0 Å². The van der Waals surface area contributed by atoms with Crippen LogP contribution in [0.15, 0.2) is 36.7 Å². The van der Waals surface area contributed by atoms with Crippen LogP contribution in [0.1, 0.15) is 17.2 Å². The third-order valence-electron chi connectivity index (χ3n) is 2.80. The second-order valence-electron chi connectivity index (χ2n) is 3.96. The molecule has 1 unspecified atom stereocenters. The van der Waals surface area contributed by atoms with E-state index in [0.717, 1.165) is 11.1 Å². The monoisotopic (exact) mass is 265 g/mol. The minimum Gasteiger partial charge on any atom is -0.313 e. The number of benzene rings is 1. The van der Waals surface area contributed by atoms with Crippen LogP contribution in [-0.4, -0.2) is 17.2 Å². The fraction of sp³-hybridized carbons (Fsp3) is 0.231. The first-order valence-electron chi connectivity index (χ1n) is 5.58. The van der Waals surface area contributed by atoms with Crippen molar-refractivity contribution in [2.75, 3.05) is 7.05 Å². The molecule has 2 rings (SSSR count). The number of halogens is 2. The number of nitrogens with one attached hydrogen (secondary N) is 1. The van der Waals surface area contributed by atoms with E-state index in [9.17, 15) is 4.39 Å². The Morgan fingerprint density at radius 2 is 2.17 bits per heavy atom. The summed E-state index contributed by atoms with van der Waals surface area (Å²) in [6.45, 7) is 0. The average Bonchev–Trinajstić information content (AvgIpc) is 2.39. The lowest BCUT2D eigenvalue weighted by Crippen LogP contribution is -2.19. The molecule has 1 N–H and O–H groups in total. The second kappa shape index (κ2) is 5.89. The van der Waals surface area contributed by atoms with Crippen LogP contribution in [0.4, 0.5) is 4.39 Å². The van der Waals surface area contributed by atoms with Crippen LogP contribution < -0.4 is 5.32 Å². The number of likely N-dealkylation sites (N-methyl/N-ethyl adjacent to an activating group) is 1. The second-order valence-corrected chi connectivity index (χ2v) is 4.36. The van der Waals surface area contributed by atoms with Gasteiger partial charge in [-0.2, -0.15) is 10.2 Å². The molecule has 3 nitrogen and oxygen atoms in total. The van der Waals surface area contributed by atoms with Gasteiger partial charge in [-0.25, -0.2) is 4.39 Å². The maximum absolute atomic E-state index is 13.0. The summed E-state index contributed by atoms with van der Waals surface area (Å²) < 4.78 is 13.0. The van der Waals surface area contributed by atoms with Crippen molar-refractivity contribution in [2.24, 2.45) is 0 Å². The lowest BCUT2D eigenvalue weighted by atomic mass is 10.0. The number of hydrogen-bond donors (Lipinski definition) is 1. The van der Waals surface area contributed by atoms with Crippen LogP contribution in [0.25, 0.3) is 0 Å². The molecule has 1 aromatic carbocycles. The number of aromatic nitrogens is 2. The molecule has 2 aromatic rings. The minimum atomic E-state index is -0.324. The number of nitrogens with zero attached hydrogens (tertiary/aromatic N) is 2. The van der Waals surface area contributed by atoms with Crippen LogP contribution in [0.5, 0.6) is 0 Å². The van der Waals surface area contributed by atoms with Gasteiger partial charge in [0.25, 0.3) is 0 Å². The van der Waals surface area contributed by atoms with Crippen molar-refractivity contribution in [1.29, 1.82) is 0 Å². The van der Waals surface area contributed by atoms with Gasteiger partial charge in [-0.15, -0.1) is 0 Å². The van der Waals surface area contributed by atoms with Gasteiger partial charge in [-0.1, -0.05) is 17.7 Å². The van der Waals surface area contributed by atoms with E-state index in [4.69, 9.17) is 11.6 Å². The lowest BCUT2D eigenvalue weighted by molar-refractivity contribution is 0.585. The van der Waals surface area contributed by atoms with Crippen LogP contribution in [0, 0.1) is 5.82 Å². The molecular formula is C13H13ClFN3. The molecule has 0 spiro atoms. The quantitative estimate of drug-likeness (QED) is 0.924. The number of hydrogen-bond acceptors (Lipinski definition) is 3. The first-order valence-corrected chi connectivity index (χ1v) is 5.96. The molecule has 1 aromatic heterocycles. The first-order chi connectivity index (χ1) is 8.70. The van der Waals surface area contributed by atoms with E-state index in [1.54, 1.807) is 18.5 Å². The standard InChI is InChI=1S/C13H13ClFN3/c1-16-13(10-4-5-17-18-8-10)6-9-2-3-11(15)7-12(9)14/h2-5,7-8,13,16H,6H2,1H3. The van der Waals surface area contributed by atoms with Crippen molar-refractivity contribution >= 4 is 11.6 Å². The fourth-order valence-electron chi connectivity index (χ4n) is 1.80. The highest BCUT2D eigenvalue weighted by Crippen LogP contribution is 2.23. The fourth-order valence-corrected chi connectivity index (χ4v) is 2.05. The van der Waals surface area contributed by atoms with E-state index in [2.05, 4.69) is 15.5 Å². The summed E-state index contributed by atoms with van der Waals surface area (Å²) in [5.41, 5.74) is 1.92. The van der Waals surface area contributed by atoms with Gasteiger partial charge >= 0.3 is 0 Å². The Morgan fingerprint density at radius 1 is 1.33 bits per heavy atom. The summed E-state index contributed by atoms with van der Waals surface area (Å²) in [7, 11) is 1.86.